The first-order chi connectivity index (χ1) is 7.66. The molecule has 0 saturated carbocycles. The second-order valence-electron chi connectivity index (χ2n) is 3.84. The van der Waals surface area contributed by atoms with Gasteiger partial charge in [-0.25, -0.2) is 4.98 Å². The Morgan fingerprint density at radius 2 is 2.50 bits per heavy atom. The molecule has 2 rings (SSSR count). The van der Waals surface area contributed by atoms with Crippen molar-refractivity contribution >= 4 is 23.3 Å². The summed E-state index contributed by atoms with van der Waals surface area (Å²) in [5.41, 5.74) is 0.870. The second-order valence-corrected chi connectivity index (χ2v) is 4.99. The molecule has 0 bridgehead atoms. The van der Waals surface area contributed by atoms with Crippen molar-refractivity contribution in [3.05, 3.63) is 27.9 Å². The molecular formula is C10H13N3O2S. The van der Waals surface area contributed by atoms with Crippen LogP contribution in [0.1, 0.15) is 12.0 Å². The molecule has 1 fully saturated rings. The maximum Gasteiger partial charge on any atom is 0.311 e. The van der Waals surface area contributed by atoms with Crippen molar-refractivity contribution in [3.63, 3.8) is 0 Å². The zero-order valence-electron chi connectivity index (χ0n) is 8.97. The monoisotopic (exact) mass is 239 g/mol. The highest BCUT2D eigenvalue weighted by molar-refractivity contribution is 7.99. The maximum absolute atomic E-state index is 10.9. The zero-order valence-corrected chi connectivity index (χ0v) is 9.79. The van der Waals surface area contributed by atoms with Gasteiger partial charge in [0.15, 0.2) is 0 Å². The molecule has 16 heavy (non-hydrogen) atoms. The molecule has 1 N–H and O–H groups in total. The van der Waals surface area contributed by atoms with Crippen molar-refractivity contribution in [2.45, 2.75) is 19.4 Å². The Hall–Kier alpha value is -1.30. The van der Waals surface area contributed by atoms with E-state index < -0.39 is 0 Å². The molecule has 0 aliphatic carbocycles. The molecule has 1 aromatic rings. The van der Waals surface area contributed by atoms with Crippen molar-refractivity contribution in [2.75, 3.05) is 16.8 Å². The van der Waals surface area contributed by atoms with Gasteiger partial charge in [0.25, 0.3) is 0 Å². The van der Waals surface area contributed by atoms with Gasteiger partial charge in [-0.3, -0.25) is 10.1 Å². The summed E-state index contributed by atoms with van der Waals surface area (Å²) in [6.07, 6.45) is 2.69. The smallest absolute Gasteiger partial charge is 0.311 e. The predicted octanol–water partition coefficient (Wildman–Crippen LogP) is 2.22. The highest BCUT2D eigenvalue weighted by atomic mass is 32.2. The summed E-state index contributed by atoms with van der Waals surface area (Å²) in [6, 6.07) is 1.86. The Morgan fingerprint density at radius 1 is 1.69 bits per heavy atom. The number of pyridine rings is 1. The van der Waals surface area contributed by atoms with E-state index in [9.17, 15) is 10.1 Å². The Balaban J connectivity index is 2.21. The van der Waals surface area contributed by atoms with E-state index in [-0.39, 0.29) is 10.6 Å². The maximum atomic E-state index is 10.9. The number of anilines is 1. The lowest BCUT2D eigenvalue weighted by Gasteiger charge is -2.11. The lowest BCUT2D eigenvalue weighted by molar-refractivity contribution is -0.384. The fraction of sp³-hybridized carbons (Fsp3) is 0.500. The van der Waals surface area contributed by atoms with Crippen molar-refractivity contribution in [3.8, 4) is 0 Å². The van der Waals surface area contributed by atoms with Gasteiger partial charge in [-0.05, 0) is 24.7 Å². The molecule has 1 unspecified atom stereocenters. The van der Waals surface area contributed by atoms with E-state index in [1.54, 1.807) is 19.2 Å². The van der Waals surface area contributed by atoms with Crippen molar-refractivity contribution in [1.29, 1.82) is 0 Å². The molecule has 0 radical (unpaired) electrons. The Labute approximate surface area is 97.8 Å². The van der Waals surface area contributed by atoms with Crippen molar-refractivity contribution in [1.82, 2.24) is 4.98 Å². The molecule has 0 amide bonds. The normalized spacial score (nSPS) is 19.7. The van der Waals surface area contributed by atoms with Gasteiger partial charge in [-0.2, -0.15) is 11.8 Å². The molecule has 2 heterocycles. The Morgan fingerprint density at radius 3 is 3.12 bits per heavy atom. The van der Waals surface area contributed by atoms with E-state index in [4.69, 9.17) is 0 Å². The quantitative estimate of drug-likeness (QED) is 0.647. The summed E-state index contributed by atoms with van der Waals surface area (Å²) in [7, 11) is 0. The molecule has 1 aliphatic heterocycles. The highest BCUT2D eigenvalue weighted by Gasteiger charge is 2.21. The summed E-state index contributed by atoms with van der Waals surface area (Å²) in [4.78, 5) is 14.6. The summed E-state index contributed by atoms with van der Waals surface area (Å²) in [6.45, 7) is 1.80. The fourth-order valence-electron chi connectivity index (χ4n) is 1.65. The van der Waals surface area contributed by atoms with E-state index in [2.05, 4.69) is 10.3 Å². The molecule has 5 nitrogen and oxygen atoms in total. The van der Waals surface area contributed by atoms with E-state index in [0.717, 1.165) is 23.5 Å². The summed E-state index contributed by atoms with van der Waals surface area (Å²) in [5.74, 6) is 2.49. The average molecular weight is 239 g/mol. The van der Waals surface area contributed by atoms with Crippen LogP contribution < -0.4 is 5.32 Å². The SMILES string of the molecule is Cc1cnc(NC2CCSC2)c([N+](=O)[O-])c1. The largest absolute Gasteiger partial charge is 0.361 e. The van der Waals surface area contributed by atoms with Gasteiger partial charge < -0.3 is 5.32 Å². The van der Waals surface area contributed by atoms with Crippen LogP contribution in [0.3, 0.4) is 0 Å². The van der Waals surface area contributed by atoms with Crippen LogP contribution in [0.2, 0.25) is 0 Å². The van der Waals surface area contributed by atoms with Crippen molar-refractivity contribution in [2.24, 2.45) is 0 Å². The molecule has 0 spiro atoms. The number of aromatic nitrogens is 1. The van der Waals surface area contributed by atoms with Gasteiger partial charge in [-0.15, -0.1) is 0 Å². The third kappa shape index (κ3) is 2.44. The number of thioether (sulfide) groups is 1. The minimum Gasteiger partial charge on any atom is -0.361 e. The first-order valence-electron chi connectivity index (χ1n) is 5.12. The van der Waals surface area contributed by atoms with Crippen LogP contribution in [-0.2, 0) is 0 Å². The molecule has 86 valence electrons. The van der Waals surface area contributed by atoms with E-state index >= 15 is 0 Å². The molecule has 1 aliphatic rings. The second kappa shape index (κ2) is 4.69. The molecule has 1 saturated heterocycles. The lowest BCUT2D eigenvalue weighted by atomic mass is 10.2. The standard InChI is InChI=1S/C10H13N3O2S/c1-7-4-9(13(14)15)10(11-5-7)12-8-2-3-16-6-8/h4-5,8H,2-3,6H2,1H3,(H,11,12). The summed E-state index contributed by atoms with van der Waals surface area (Å²) >= 11 is 1.86. The van der Waals surface area contributed by atoms with Gasteiger partial charge in [0, 0.05) is 24.1 Å². The summed E-state index contributed by atoms with van der Waals surface area (Å²) in [5, 5.41) is 14.0. The van der Waals surface area contributed by atoms with Crippen LogP contribution in [0.15, 0.2) is 12.3 Å². The predicted molar refractivity (Wildman–Crippen MR) is 65.0 cm³/mol. The zero-order chi connectivity index (χ0) is 11.5. The van der Waals surface area contributed by atoms with E-state index in [1.807, 2.05) is 11.8 Å². The van der Waals surface area contributed by atoms with Crippen LogP contribution in [0.5, 0.6) is 0 Å². The third-order valence-electron chi connectivity index (χ3n) is 2.47. The van der Waals surface area contributed by atoms with E-state index in [0.29, 0.717) is 11.9 Å². The number of nitro groups is 1. The Bertz CT molecular complexity index is 405. The number of aryl methyl sites for hydroxylation is 1. The number of rotatable bonds is 3. The molecule has 6 heteroatoms. The molecule has 0 aromatic carbocycles. The minimum atomic E-state index is -0.384. The van der Waals surface area contributed by atoms with Crippen LogP contribution in [0.4, 0.5) is 11.5 Å². The fourth-order valence-corrected chi connectivity index (χ4v) is 2.80. The first kappa shape index (κ1) is 11.2. The number of nitrogens with one attached hydrogen (secondary N) is 1. The van der Waals surface area contributed by atoms with E-state index in [1.165, 1.54) is 0 Å². The Kier molecular flexibility index (Phi) is 3.28. The van der Waals surface area contributed by atoms with Crippen LogP contribution in [-0.4, -0.2) is 27.5 Å². The number of hydrogen-bond donors (Lipinski definition) is 1. The topological polar surface area (TPSA) is 68.1 Å². The van der Waals surface area contributed by atoms with Gasteiger partial charge >= 0.3 is 5.69 Å². The minimum absolute atomic E-state index is 0.0666. The molecule has 1 aromatic heterocycles. The van der Waals surface area contributed by atoms with Gasteiger partial charge in [0.05, 0.1) is 4.92 Å². The van der Waals surface area contributed by atoms with Crippen molar-refractivity contribution < 1.29 is 4.92 Å². The van der Waals surface area contributed by atoms with Gasteiger partial charge in [0.1, 0.15) is 0 Å². The third-order valence-corrected chi connectivity index (χ3v) is 3.63. The summed E-state index contributed by atoms with van der Waals surface area (Å²) < 4.78 is 0. The molecule has 1 atom stereocenters. The number of nitrogens with zero attached hydrogens (tertiary/aromatic N) is 2. The lowest BCUT2D eigenvalue weighted by Crippen LogP contribution is -2.19. The highest BCUT2D eigenvalue weighted by Crippen LogP contribution is 2.26. The van der Waals surface area contributed by atoms with Gasteiger partial charge in [0.2, 0.25) is 5.82 Å². The van der Waals surface area contributed by atoms with Crippen LogP contribution in [0.25, 0.3) is 0 Å². The number of hydrogen-bond acceptors (Lipinski definition) is 5. The molecular weight excluding hydrogens is 226 g/mol. The average Bonchev–Trinajstić information content (AvgIpc) is 2.73. The first-order valence-corrected chi connectivity index (χ1v) is 6.27. The van der Waals surface area contributed by atoms with Crippen LogP contribution >= 0.6 is 11.8 Å². The van der Waals surface area contributed by atoms with Crippen LogP contribution in [0, 0.1) is 17.0 Å². The van der Waals surface area contributed by atoms with Gasteiger partial charge in [-0.1, -0.05) is 0 Å².